The number of rotatable bonds is 1. The first-order valence-corrected chi connectivity index (χ1v) is 4.00. The summed E-state index contributed by atoms with van der Waals surface area (Å²) >= 11 is 0. The van der Waals surface area contributed by atoms with Crippen LogP contribution in [0.25, 0.3) is 0 Å². The van der Waals surface area contributed by atoms with E-state index in [1.165, 1.54) is 5.57 Å². The van der Waals surface area contributed by atoms with Crippen molar-refractivity contribution >= 4 is 0 Å². The SMILES string of the molecule is C=C1OCCOC1=CC=C(C)C. The van der Waals surface area contributed by atoms with Crippen molar-refractivity contribution in [1.82, 2.24) is 0 Å². The van der Waals surface area contributed by atoms with Gasteiger partial charge in [0.25, 0.3) is 0 Å². The molecule has 0 aromatic carbocycles. The van der Waals surface area contributed by atoms with Gasteiger partial charge < -0.3 is 9.47 Å². The summed E-state index contributed by atoms with van der Waals surface area (Å²) in [4.78, 5) is 0. The molecule has 66 valence electrons. The Balaban J connectivity index is 2.65. The lowest BCUT2D eigenvalue weighted by atomic mass is 10.3. The molecule has 2 nitrogen and oxygen atoms in total. The minimum atomic E-state index is 0.602. The fraction of sp³-hybridized carbons (Fsp3) is 0.400. The van der Waals surface area contributed by atoms with Crippen LogP contribution in [-0.4, -0.2) is 13.2 Å². The summed E-state index contributed by atoms with van der Waals surface area (Å²) in [5.74, 6) is 1.36. The van der Waals surface area contributed by atoms with Crippen LogP contribution in [0.5, 0.6) is 0 Å². The highest BCUT2D eigenvalue weighted by molar-refractivity contribution is 5.24. The van der Waals surface area contributed by atoms with Crippen LogP contribution >= 0.6 is 0 Å². The molecule has 1 heterocycles. The molecule has 0 aliphatic carbocycles. The van der Waals surface area contributed by atoms with Crippen molar-refractivity contribution in [2.75, 3.05) is 13.2 Å². The van der Waals surface area contributed by atoms with E-state index in [9.17, 15) is 0 Å². The second kappa shape index (κ2) is 4.00. The molecule has 0 saturated carbocycles. The standard InChI is InChI=1S/C10H14O2/c1-8(2)4-5-10-9(3)11-6-7-12-10/h4-5H,3,6-7H2,1-2H3. The molecule has 1 aliphatic rings. The third kappa shape index (κ3) is 2.46. The summed E-state index contributed by atoms with van der Waals surface area (Å²) in [6.45, 7) is 9.01. The molecule has 12 heavy (non-hydrogen) atoms. The van der Waals surface area contributed by atoms with Gasteiger partial charge in [-0.05, 0) is 19.9 Å². The van der Waals surface area contributed by atoms with Crippen molar-refractivity contribution in [3.05, 3.63) is 35.8 Å². The molecule has 1 fully saturated rings. The maximum atomic E-state index is 5.33. The lowest BCUT2D eigenvalue weighted by molar-refractivity contribution is 0.0606. The molecule has 0 N–H and O–H groups in total. The molecule has 0 bridgehead atoms. The van der Waals surface area contributed by atoms with Crippen molar-refractivity contribution in [1.29, 1.82) is 0 Å². The van der Waals surface area contributed by atoms with E-state index in [4.69, 9.17) is 9.47 Å². The lowest BCUT2D eigenvalue weighted by Gasteiger charge is -2.19. The molecular weight excluding hydrogens is 152 g/mol. The van der Waals surface area contributed by atoms with Crippen LogP contribution in [0, 0.1) is 0 Å². The summed E-state index contributed by atoms with van der Waals surface area (Å²) in [7, 11) is 0. The van der Waals surface area contributed by atoms with Gasteiger partial charge in [0, 0.05) is 0 Å². The van der Waals surface area contributed by atoms with Gasteiger partial charge in [-0.3, -0.25) is 0 Å². The average Bonchev–Trinajstić information content (AvgIpc) is 2.03. The van der Waals surface area contributed by atoms with Crippen LogP contribution in [0.1, 0.15) is 13.8 Å². The monoisotopic (exact) mass is 166 g/mol. The molecule has 1 saturated heterocycles. The molecule has 0 aromatic heterocycles. The van der Waals surface area contributed by atoms with E-state index in [1.54, 1.807) is 0 Å². The summed E-state index contributed by atoms with van der Waals surface area (Å²) in [5.41, 5.74) is 1.23. The minimum Gasteiger partial charge on any atom is -0.487 e. The first-order valence-electron chi connectivity index (χ1n) is 4.00. The quantitative estimate of drug-likeness (QED) is 0.595. The third-order valence-corrected chi connectivity index (χ3v) is 1.46. The van der Waals surface area contributed by atoms with E-state index in [0.717, 1.165) is 5.76 Å². The van der Waals surface area contributed by atoms with Crippen molar-refractivity contribution in [3.63, 3.8) is 0 Å². The molecule has 0 spiro atoms. The Morgan fingerprint density at radius 3 is 2.58 bits per heavy atom. The van der Waals surface area contributed by atoms with Gasteiger partial charge in [0.1, 0.15) is 13.2 Å². The van der Waals surface area contributed by atoms with Crippen LogP contribution in [-0.2, 0) is 9.47 Å². The fourth-order valence-electron chi connectivity index (χ4n) is 0.852. The van der Waals surface area contributed by atoms with Crippen LogP contribution in [0.15, 0.2) is 35.8 Å². The summed E-state index contributed by atoms with van der Waals surface area (Å²) in [6.07, 6.45) is 3.87. The molecular formula is C10H14O2. The van der Waals surface area contributed by atoms with Crippen molar-refractivity contribution in [2.45, 2.75) is 13.8 Å². The Labute approximate surface area is 73.2 Å². The van der Waals surface area contributed by atoms with Gasteiger partial charge in [0.2, 0.25) is 0 Å². The highest BCUT2D eigenvalue weighted by Gasteiger charge is 2.09. The lowest BCUT2D eigenvalue weighted by Crippen LogP contribution is -2.12. The van der Waals surface area contributed by atoms with E-state index < -0.39 is 0 Å². The zero-order valence-electron chi connectivity index (χ0n) is 7.59. The van der Waals surface area contributed by atoms with Crippen molar-refractivity contribution in [2.24, 2.45) is 0 Å². The van der Waals surface area contributed by atoms with Crippen molar-refractivity contribution < 1.29 is 9.47 Å². The molecule has 0 aromatic rings. The Morgan fingerprint density at radius 1 is 1.33 bits per heavy atom. The van der Waals surface area contributed by atoms with Gasteiger partial charge in [-0.25, -0.2) is 0 Å². The van der Waals surface area contributed by atoms with Crippen LogP contribution < -0.4 is 0 Å². The summed E-state index contributed by atoms with van der Waals surface area (Å²) in [6, 6.07) is 0. The first kappa shape index (κ1) is 8.91. The van der Waals surface area contributed by atoms with E-state index >= 15 is 0 Å². The predicted molar refractivity (Wildman–Crippen MR) is 48.6 cm³/mol. The topological polar surface area (TPSA) is 18.5 Å². The maximum absolute atomic E-state index is 5.33. The second-order valence-corrected chi connectivity index (χ2v) is 2.90. The van der Waals surface area contributed by atoms with Crippen LogP contribution in [0.4, 0.5) is 0 Å². The number of hydrogen-bond acceptors (Lipinski definition) is 2. The van der Waals surface area contributed by atoms with E-state index in [-0.39, 0.29) is 0 Å². The Bertz CT molecular complexity index is 232. The third-order valence-electron chi connectivity index (χ3n) is 1.46. The summed E-state index contributed by atoms with van der Waals surface area (Å²) < 4.78 is 10.5. The van der Waals surface area contributed by atoms with Gasteiger partial charge in [0.15, 0.2) is 11.5 Å². The van der Waals surface area contributed by atoms with Crippen LogP contribution in [0.3, 0.4) is 0 Å². The molecule has 1 aliphatic heterocycles. The van der Waals surface area contributed by atoms with E-state index in [1.807, 2.05) is 26.0 Å². The summed E-state index contributed by atoms with van der Waals surface area (Å²) in [5, 5.41) is 0. The maximum Gasteiger partial charge on any atom is 0.160 e. The molecule has 2 heteroatoms. The van der Waals surface area contributed by atoms with E-state index in [0.29, 0.717) is 19.0 Å². The minimum absolute atomic E-state index is 0.602. The van der Waals surface area contributed by atoms with Crippen LogP contribution in [0.2, 0.25) is 0 Å². The Kier molecular flexibility index (Phi) is 2.97. The highest BCUT2D eigenvalue weighted by Crippen LogP contribution is 2.15. The predicted octanol–water partition coefficient (Wildman–Crippen LogP) is 2.40. The molecule has 0 unspecified atom stereocenters. The van der Waals surface area contributed by atoms with Crippen molar-refractivity contribution in [3.8, 4) is 0 Å². The van der Waals surface area contributed by atoms with Gasteiger partial charge >= 0.3 is 0 Å². The number of ether oxygens (including phenoxy) is 2. The fourth-order valence-corrected chi connectivity index (χ4v) is 0.852. The molecule has 0 amide bonds. The van der Waals surface area contributed by atoms with E-state index in [2.05, 4.69) is 6.58 Å². The smallest absolute Gasteiger partial charge is 0.160 e. The Morgan fingerprint density at radius 2 is 2.00 bits per heavy atom. The zero-order valence-corrected chi connectivity index (χ0v) is 7.59. The first-order chi connectivity index (χ1) is 5.70. The number of hydrogen-bond donors (Lipinski definition) is 0. The average molecular weight is 166 g/mol. The van der Waals surface area contributed by atoms with Gasteiger partial charge in [-0.2, -0.15) is 0 Å². The zero-order chi connectivity index (χ0) is 8.97. The molecule has 0 radical (unpaired) electrons. The second-order valence-electron chi connectivity index (χ2n) is 2.90. The molecule has 1 rings (SSSR count). The van der Waals surface area contributed by atoms with Gasteiger partial charge in [-0.15, -0.1) is 0 Å². The normalized spacial score (nSPS) is 19.8. The van der Waals surface area contributed by atoms with Gasteiger partial charge in [-0.1, -0.05) is 18.2 Å². The largest absolute Gasteiger partial charge is 0.487 e. The van der Waals surface area contributed by atoms with Gasteiger partial charge in [0.05, 0.1) is 0 Å². The Hall–Kier alpha value is -1.18. The molecule has 0 atom stereocenters. The number of allylic oxidation sites excluding steroid dienone is 3. The highest BCUT2D eigenvalue weighted by atomic mass is 16.6.